The monoisotopic (exact) mass is 199 g/mol. The van der Waals surface area contributed by atoms with E-state index in [0.717, 1.165) is 24.8 Å². The molecule has 1 amide bonds. The van der Waals surface area contributed by atoms with Crippen LogP contribution in [0.3, 0.4) is 0 Å². The lowest BCUT2D eigenvalue weighted by Crippen LogP contribution is -2.29. The Kier molecular flexibility index (Phi) is 6.45. The number of carboxylic acids is 1. The van der Waals surface area contributed by atoms with Crippen LogP contribution in [-0.4, -0.2) is 23.5 Å². The number of hydrogen-bond donors (Lipinski definition) is 2. The quantitative estimate of drug-likeness (QED) is 0.608. The van der Waals surface area contributed by atoms with Crippen molar-refractivity contribution in [3.8, 4) is 0 Å². The Morgan fingerprint density at radius 2 is 2.07 bits per heavy atom. The molecular formula is C10H17NO3. The van der Waals surface area contributed by atoms with Crippen molar-refractivity contribution in [1.29, 1.82) is 0 Å². The number of hydrogen-bond acceptors (Lipinski definition) is 2. The molecule has 0 atom stereocenters. The zero-order chi connectivity index (χ0) is 11.0. The van der Waals surface area contributed by atoms with Crippen LogP contribution in [0.5, 0.6) is 0 Å². The number of aliphatic carboxylic acids is 1. The highest BCUT2D eigenvalue weighted by atomic mass is 16.4. The zero-order valence-corrected chi connectivity index (χ0v) is 8.51. The molecule has 4 heteroatoms. The summed E-state index contributed by atoms with van der Waals surface area (Å²) in [5, 5.41) is 10.6. The molecule has 0 rings (SSSR count). The highest BCUT2D eigenvalue weighted by Gasteiger charge is 2.05. The molecule has 0 fully saturated rings. The Bertz CT molecular complexity index is 223. The average molecular weight is 199 g/mol. The second-order valence-corrected chi connectivity index (χ2v) is 3.20. The Balaban J connectivity index is 3.60. The second kappa shape index (κ2) is 7.12. The molecule has 0 saturated carbocycles. The molecule has 0 spiro atoms. The van der Waals surface area contributed by atoms with E-state index >= 15 is 0 Å². The Hall–Kier alpha value is -1.32. The van der Waals surface area contributed by atoms with E-state index in [9.17, 15) is 9.59 Å². The first-order valence-corrected chi connectivity index (χ1v) is 4.71. The largest absolute Gasteiger partial charge is 0.480 e. The van der Waals surface area contributed by atoms with Crippen LogP contribution >= 0.6 is 0 Å². The summed E-state index contributed by atoms with van der Waals surface area (Å²) >= 11 is 0. The molecule has 0 radical (unpaired) electrons. The lowest BCUT2D eigenvalue weighted by molar-refractivity contribution is -0.137. The van der Waals surface area contributed by atoms with Gasteiger partial charge in [0.1, 0.15) is 6.54 Å². The molecule has 0 saturated heterocycles. The highest BCUT2D eigenvalue weighted by molar-refractivity contribution is 5.82. The molecular weight excluding hydrogens is 182 g/mol. The molecule has 0 heterocycles. The van der Waals surface area contributed by atoms with Gasteiger partial charge in [0, 0.05) is 6.42 Å². The Morgan fingerprint density at radius 3 is 2.57 bits per heavy atom. The first kappa shape index (κ1) is 12.7. The minimum atomic E-state index is -1.03. The van der Waals surface area contributed by atoms with Gasteiger partial charge < -0.3 is 10.4 Å². The molecule has 0 aliphatic heterocycles. The molecule has 0 bridgehead atoms. The summed E-state index contributed by atoms with van der Waals surface area (Å²) in [4.78, 5) is 21.2. The molecule has 0 aromatic rings. The van der Waals surface area contributed by atoms with E-state index in [2.05, 4.69) is 18.8 Å². The number of rotatable bonds is 7. The number of carbonyl (C=O) groups excluding carboxylic acids is 1. The van der Waals surface area contributed by atoms with Crippen molar-refractivity contribution in [2.45, 2.75) is 32.6 Å². The van der Waals surface area contributed by atoms with Crippen LogP contribution in [0.2, 0.25) is 0 Å². The summed E-state index contributed by atoms with van der Waals surface area (Å²) < 4.78 is 0. The fourth-order valence-corrected chi connectivity index (χ4v) is 0.979. The van der Waals surface area contributed by atoms with Crippen LogP contribution in [-0.2, 0) is 9.59 Å². The number of carboxylic acid groups (broad SMARTS) is 1. The third-order valence-electron chi connectivity index (χ3n) is 1.73. The summed E-state index contributed by atoms with van der Waals surface area (Å²) in [5.74, 6) is -1.30. The number of nitrogens with one attached hydrogen (secondary N) is 1. The molecule has 2 N–H and O–H groups in total. The molecule has 4 nitrogen and oxygen atoms in total. The van der Waals surface area contributed by atoms with E-state index in [0.29, 0.717) is 0 Å². The summed E-state index contributed by atoms with van der Waals surface area (Å²) in [6, 6.07) is 0. The van der Waals surface area contributed by atoms with Gasteiger partial charge in [0.25, 0.3) is 0 Å². The molecule has 14 heavy (non-hydrogen) atoms. The van der Waals surface area contributed by atoms with Gasteiger partial charge in [0.2, 0.25) is 5.91 Å². The van der Waals surface area contributed by atoms with Crippen molar-refractivity contribution in [3.63, 3.8) is 0 Å². The van der Waals surface area contributed by atoms with Crippen LogP contribution in [0.4, 0.5) is 0 Å². The molecule has 0 aromatic carbocycles. The van der Waals surface area contributed by atoms with Crippen molar-refractivity contribution in [2.24, 2.45) is 0 Å². The first-order chi connectivity index (χ1) is 6.56. The lowest BCUT2D eigenvalue weighted by Gasteiger charge is -2.04. The SMILES string of the molecule is C=C(CCCC)CC(=O)NCC(=O)O. The minimum Gasteiger partial charge on any atom is -0.480 e. The van der Waals surface area contributed by atoms with Crippen LogP contribution in [0.25, 0.3) is 0 Å². The van der Waals surface area contributed by atoms with Gasteiger partial charge in [-0.25, -0.2) is 0 Å². The molecule has 0 unspecified atom stereocenters. The van der Waals surface area contributed by atoms with E-state index < -0.39 is 5.97 Å². The van der Waals surface area contributed by atoms with E-state index in [1.807, 2.05) is 0 Å². The number of carbonyl (C=O) groups is 2. The fraction of sp³-hybridized carbons (Fsp3) is 0.600. The van der Waals surface area contributed by atoms with Crippen LogP contribution in [0.1, 0.15) is 32.6 Å². The summed E-state index contributed by atoms with van der Waals surface area (Å²) in [5.41, 5.74) is 0.856. The molecule has 0 aliphatic carbocycles. The second-order valence-electron chi connectivity index (χ2n) is 3.20. The van der Waals surface area contributed by atoms with Gasteiger partial charge in [0.05, 0.1) is 0 Å². The van der Waals surface area contributed by atoms with Gasteiger partial charge in [0.15, 0.2) is 0 Å². The van der Waals surface area contributed by atoms with E-state index in [1.165, 1.54) is 0 Å². The van der Waals surface area contributed by atoms with Gasteiger partial charge >= 0.3 is 5.97 Å². The molecule has 0 aliphatic rings. The predicted molar refractivity (Wildman–Crippen MR) is 53.9 cm³/mol. The van der Waals surface area contributed by atoms with Gasteiger partial charge in [-0.1, -0.05) is 25.5 Å². The van der Waals surface area contributed by atoms with Crippen molar-refractivity contribution in [3.05, 3.63) is 12.2 Å². The number of amides is 1. The third kappa shape index (κ3) is 7.34. The standard InChI is InChI=1S/C10H17NO3/c1-3-4-5-8(2)6-9(12)11-7-10(13)14/h2-7H2,1H3,(H,11,12)(H,13,14). The Morgan fingerprint density at radius 1 is 1.43 bits per heavy atom. The van der Waals surface area contributed by atoms with Crippen molar-refractivity contribution in [2.75, 3.05) is 6.54 Å². The van der Waals surface area contributed by atoms with E-state index in [-0.39, 0.29) is 18.9 Å². The van der Waals surface area contributed by atoms with Crippen LogP contribution in [0.15, 0.2) is 12.2 Å². The van der Waals surface area contributed by atoms with E-state index in [1.54, 1.807) is 0 Å². The zero-order valence-electron chi connectivity index (χ0n) is 8.51. The van der Waals surface area contributed by atoms with Gasteiger partial charge in [-0.2, -0.15) is 0 Å². The average Bonchev–Trinajstić information content (AvgIpc) is 2.11. The van der Waals surface area contributed by atoms with Gasteiger partial charge in [-0.15, -0.1) is 0 Å². The van der Waals surface area contributed by atoms with Crippen LogP contribution < -0.4 is 5.32 Å². The topological polar surface area (TPSA) is 66.4 Å². The smallest absolute Gasteiger partial charge is 0.322 e. The first-order valence-electron chi connectivity index (χ1n) is 4.71. The summed E-state index contributed by atoms with van der Waals surface area (Å²) in [7, 11) is 0. The lowest BCUT2D eigenvalue weighted by atomic mass is 10.1. The summed E-state index contributed by atoms with van der Waals surface area (Å²) in [6.45, 7) is 5.50. The third-order valence-corrected chi connectivity index (χ3v) is 1.73. The minimum absolute atomic E-state index is 0.229. The van der Waals surface area contributed by atoms with Crippen molar-refractivity contribution >= 4 is 11.9 Å². The maximum Gasteiger partial charge on any atom is 0.322 e. The molecule has 80 valence electrons. The highest BCUT2D eigenvalue weighted by Crippen LogP contribution is 2.08. The number of unbranched alkanes of at least 4 members (excludes halogenated alkanes) is 1. The predicted octanol–water partition coefficient (Wildman–Crippen LogP) is 1.32. The van der Waals surface area contributed by atoms with Gasteiger partial charge in [-0.05, 0) is 12.8 Å². The van der Waals surface area contributed by atoms with Crippen LogP contribution in [0, 0.1) is 0 Å². The van der Waals surface area contributed by atoms with Crippen molar-refractivity contribution in [1.82, 2.24) is 5.32 Å². The normalized spacial score (nSPS) is 9.50. The molecule has 0 aromatic heterocycles. The van der Waals surface area contributed by atoms with E-state index in [4.69, 9.17) is 5.11 Å². The fourth-order valence-electron chi connectivity index (χ4n) is 0.979. The maximum atomic E-state index is 11.1. The van der Waals surface area contributed by atoms with Crippen molar-refractivity contribution < 1.29 is 14.7 Å². The summed E-state index contributed by atoms with van der Waals surface area (Å²) in [6.07, 6.45) is 3.14. The maximum absolute atomic E-state index is 11.1. The Labute approximate surface area is 84.0 Å². The van der Waals surface area contributed by atoms with Gasteiger partial charge in [-0.3, -0.25) is 9.59 Å².